The van der Waals surface area contributed by atoms with Gasteiger partial charge < -0.3 is 22.9 Å². The quantitative estimate of drug-likeness (QED) is 0.440. The van der Waals surface area contributed by atoms with Gasteiger partial charge in [0.05, 0.1) is 0 Å². The molecule has 1 aliphatic rings. The van der Waals surface area contributed by atoms with E-state index in [0.29, 0.717) is 0 Å². The van der Waals surface area contributed by atoms with Crippen LogP contribution in [0.15, 0.2) is 0 Å². The minimum atomic E-state index is 0.281. The fourth-order valence-electron chi connectivity index (χ4n) is 2.89. The molecule has 1 aliphatic carbocycles. The topological polar surface area (TPSA) is 104 Å². The summed E-state index contributed by atoms with van der Waals surface area (Å²) in [6.45, 7) is 1.72. The van der Waals surface area contributed by atoms with Crippen LogP contribution >= 0.6 is 0 Å². The van der Waals surface area contributed by atoms with Crippen LogP contribution in [-0.4, -0.2) is 25.2 Å². The predicted molar refractivity (Wildman–Crippen MR) is 98.7 cm³/mol. The molecule has 0 aliphatic heterocycles. The van der Waals surface area contributed by atoms with Gasteiger partial charge in [-0.2, -0.15) is 0 Å². The minimum absolute atomic E-state index is 0.281. The van der Waals surface area contributed by atoms with Crippen molar-refractivity contribution in [2.45, 2.75) is 102 Å². The molecule has 0 bridgehead atoms. The second-order valence-electron chi connectivity index (χ2n) is 6.73. The molecule has 2 unspecified atom stereocenters. The highest BCUT2D eigenvalue weighted by atomic mass is 14.8. The second-order valence-corrected chi connectivity index (χ2v) is 6.73. The van der Waals surface area contributed by atoms with Crippen LogP contribution < -0.4 is 22.9 Å². The van der Waals surface area contributed by atoms with E-state index in [4.69, 9.17) is 22.9 Å². The Balaban J connectivity index is 0.000000461. The first-order valence-electron chi connectivity index (χ1n) is 9.63. The first-order valence-corrected chi connectivity index (χ1v) is 9.63. The lowest BCUT2D eigenvalue weighted by molar-refractivity contribution is 0.385. The number of hydrogen-bond acceptors (Lipinski definition) is 4. The molecule has 4 nitrogen and oxygen atoms in total. The number of rotatable bonds is 11. The third-order valence-electron chi connectivity index (χ3n) is 4.53. The van der Waals surface area contributed by atoms with Gasteiger partial charge in [-0.15, -0.1) is 0 Å². The van der Waals surface area contributed by atoms with Crippen LogP contribution in [0.4, 0.5) is 0 Å². The van der Waals surface area contributed by atoms with Crippen molar-refractivity contribution < 1.29 is 0 Å². The average Bonchev–Trinajstić information content (AvgIpc) is 2.53. The van der Waals surface area contributed by atoms with E-state index in [1.165, 1.54) is 77.0 Å². The highest BCUT2D eigenvalue weighted by Crippen LogP contribution is 2.14. The van der Waals surface area contributed by atoms with Crippen LogP contribution in [-0.2, 0) is 0 Å². The molecule has 22 heavy (non-hydrogen) atoms. The fraction of sp³-hybridized carbons (Fsp3) is 1.00. The molecule has 2 atom stereocenters. The summed E-state index contributed by atoms with van der Waals surface area (Å²) in [6, 6.07) is 0.562. The van der Waals surface area contributed by atoms with Gasteiger partial charge in [0, 0.05) is 12.1 Å². The predicted octanol–water partition coefficient (Wildman–Crippen LogP) is 3.02. The maximum Gasteiger partial charge on any atom is 0.0192 e. The Morgan fingerprint density at radius 3 is 1.00 bits per heavy atom. The van der Waals surface area contributed by atoms with E-state index in [2.05, 4.69) is 0 Å². The molecule has 0 amide bonds. The Hall–Kier alpha value is -0.160. The first kappa shape index (κ1) is 21.8. The lowest BCUT2D eigenvalue weighted by Gasteiger charge is -2.24. The molecule has 0 heterocycles. The minimum Gasteiger partial charge on any atom is -0.330 e. The van der Waals surface area contributed by atoms with Crippen molar-refractivity contribution in [2.75, 3.05) is 13.1 Å². The summed E-state index contributed by atoms with van der Waals surface area (Å²) in [6.07, 6.45) is 18.2. The highest BCUT2D eigenvalue weighted by molar-refractivity contribution is 4.79. The first-order chi connectivity index (χ1) is 10.7. The second kappa shape index (κ2) is 17.2. The Bertz CT molecular complexity index is 189. The molecule has 0 aromatic carbocycles. The van der Waals surface area contributed by atoms with E-state index in [-0.39, 0.29) is 12.1 Å². The molecule has 8 N–H and O–H groups in total. The van der Waals surface area contributed by atoms with Crippen LogP contribution in [0.1, 0.15) is 89.9 Å². The largest absolute Gasteiger partial charge is 0.330 e. The molecule has 4 heteroatoms. The van der Waals surface area contributed by atoms with Gasteiger partial charge in [0.2, 0.25) is 0 Å². The van der Waals surface area contributed by atoms with Crippen LogP contribution in [0.2, 0.25) is 0 Å². The normalized spacial score (nSPS) is 21.3. The molecule has 1 rings (SSSR count). The zero-order chi connectivity index (χ0) is 16.5. The third kappa shape index (κ3) is 14.8. The summed E-state index contributed by atoms with van der Waals surface area (Å²) in [5, 5.41) is 0. The van der Waals surface area contributed by atoms with Gasteiger partial charge in [0.15, 0.2) is 0 Å². The molecule has 0 saturated heterocycles. The lowest BCUT2D eigenvalue weighted by Crippen LogP contribution is -2.43. The van der Waals surface area contributed by atoms with Crippen molar-refractivity contribution in [3.05, 3.63) is 0 Å². The Morgan fingerprint density at radius 2 is 0.773 bits per heavy atom. The van der Waals surface area contributed by atoms with E-state index >= 15 is 0 Å². The summed E-state index contributed by atoms with van der Waals surface area (Å²) >= 11 is 0. The van der Waals surface area contributed by atoms with E-state index in [0.717, 1.165) is 25.9 Å². The van der Waals surface area contributed by atoms with Gasteiger partial charge >= 0.3 is 0 Å². The van der Waals surface area contributed by atoms with E-state index < -0.39 is 0 Å². The average molecular weight is 315 g/mol. The number of nitrogens with two attached hydrogens (primary N) is 4. The van der Waals surface area contributed by atoms with Gasteiger partial charge in [-0.3, -0.25) is 0 Å². The smallest absolute Gasteiger partial charge is 0.0192 e. The highest BCUT2D eigenvalue weighted by Gasteiger charge is 2.16. The zero-order valence-electron chi connectivity index (χ0n) is 14.8. The van der Waals surface area contributed by atoms with E-state index in [1.807, 2.05) is 0 Å². The molecule has 1 fully saturated rings. The van der Waals surface area contributed by atoms with Crippen LogP contribution in [0.3, 0.4) is 0 Å². The molecule has 0 radical (unpaired) electrons. The Morgan fingerprint density at radius 1 is 0.500 bits per heavy atom. The monoisotopic (exact) mass is 314 g/mol. The van der Waals surface area contributed by atoms with Gasteiger partial charge in [-0.05, 0) is 38.8 Å². The number of hydrogen-bond donors (Lipinski definition) is 4. The number of unbranched alkanes of at least 4 members (excludes halogenated alkanes) is 9. The summed E-state index contributed by atoms with van der Waals surface area (Å²) in [5.41, 5.74) is 22.2. The van der Waals surface area contributed by atoms with Crippen molar-refractivity contribution in [2.24, 2.45) is 22.9 Å². The molecular formula is C18H42N4. The standard InChI is InChI=1S/C12H28N2.C6H14N2/c13-11-9-7-5-3-1-2-4-6-8-10-12-14;7-5-3-1-2-4-6(5)8/h1-14H2;5-6H,1-4,7-8H2. The van der Waals surface area contributed by atoms with Crippen molar-refractivity contribution in [1.29, 1.82) is 0 Å². The van der Waals surface area contributed by atoms with Gasteiger partial charge in [-0.1, -0.05) is 64.2 Å². The zero-order valence-corrected chi connectivity index (χ0v) is 14.8. The molecule has 134 valence electrons. The van der Waals surface area contributed by atoms with Gasteiger partial charge in [0.1, 0.15) is 0 Å². The van der Waals surface area contributed by atoms with Gasteiger partial charge in [-0.25, -0.2) is 0 Å². The molecule has 0 spiro atoms. The maximum atomic E-state index is 5.65. The van der Waals surface area contributed by atoms with Crippen LogP contribution in [0, 0.1) is 0 Å². The Labute approximate surface area is 138 Å². The molecule has 0 aromatic rings. The summed E-state index contributed by atoms with van der Waals surface area (Å²) in [5.74, 6) is 0. The summed E-state index contributed by atoms with van der Waals surface area (Å²) in [7, 11) is 0. The maximum absolute atomic E-state index is 5.65. The SMILES string of the molecule is NC1CCCCC1N.NCCCCCCCCCCCCN. The van der Waals surface area contributed by atoms with E-state index in [1.54, 1.807) is 0 Å². The van der Waals surface area contributed by atoms with Crippen LogP contribution in [0.25, 0.3) is 0 Å². The van der Waals surface area contributed by atoms with E-state index in [9.17, 15) is 0 Å². The van der Waals surface area contributed by atoms with Crippen molar-refractivity contribution >= 4 is 0 Å². The molecular weight excluding hydrogens is 272 g/mol. The summed E-state index contributed by atoms with van der Waals surface area (Å²) < 4.78 is 0. The van der Waals surface area contributed by atoms with Crippen LogP contribution in [0.5, 0.6) is 0 Å². The van der Waals surface area contributed by atoms with Crippen molar-refractivity contribution in [1.82, 2.24) is 0 Å². The summed E-state index contributed by atoms with van der Waals surface area (Å²) in [4.78, 5) is 0. The van der Waals surface area contributed by atoms with Crippen molar-refractivity contribution in [3.63, 3.8) is 0 Å². The molecule has 1 saturated carbocycles. The van der Waals surface area contributed by atoms with Gasteiger partial charge in [0.25, 0.3) is 0 Å². The molecule has 0 aromatic heterocycles. The lowest BCUT2D eigenvalue weighted by atomic mass is 9.92. The fourth-order valence-corrected chi connectivity index (χ4v) is 2.89. The Kier molecular flexibility index (Phi) is 17.1. The third-order valence-corrected chi connectivity index (χ3v) is 4.53. The van der Waals surface area contributed by atoms with Crippen molar-refractivity contribution in [3.8, 4) is 0 Å².